The summed E-state index contributed by atoms with van der Waals surface area (Å²) >= 11 is 0. The van der Waals surface area contributed by atoms with Crippen molar-refractivity contribution in [1.29, 1.82) is 0 Å². The van der Waals surface area contributed by atoms with Gasteiger partial charge in [0.25, 0.3) is 22.2 Å². The molecule has 0 spiro atoms. The van der Waals surface area contributed by atoms with Crippen molar-refractivity contribution in [2.24, 2.45) is 56.4 Å². The lowest BCUT2D eigenvalue weighted by atomic mass is 10.0. The monoisotopic (exact) mass is 1950 g/mol. The first-order valence-electron chi connectivity index (χ1n) is 45.9. The van der Waals surface area contributed by atoms with Gasteiger partial charge in [-0.2, -0.15) is 0 Å². The van der Waals surface area contributed by atoms with Gasteiger partial charge in [-0.1, -0.05) is 0 Å². The van der Waals surface area contributed by atoms with Gasteiger partial charge in [0.1, 0.15) is 48.4 Å². The second-order valence-electron chi connectivity index (χ2n) is 35.8. The Kier molecular flexibility index (Phi) is 27.1. The lowest BCUT2D eigenvalue weighted by Crippen LogP contribution is -2.39. The van der Waals surface area contributed by atoms with E-state index >= 15 is 0 Å². The van der Waals surface area contributed by atoms with Crippen LogP contribution in [0.15, 0.2) is 162 Å². The Morgan fingerprint density at radius 3 is 0.895 bits per heavy atom. The number of fused-ring (bicyclic) bond motifs is 4. The van der Waals surface area contributed by atoms with Gasteiger partial charge in [-0.15, -0.1) is 0 Å². The largest absolute Gasteiger partial charge is 0.338 e. The smallest absolute Gasteiger partial charge is 0.332 e. The molecule has 4 amide bonds. The van der Waals surface area contributed by atoms with E-state index in [0.29, 0.717) is 111 Å². The van der Waals surface area contributed by atoms with Crippen molar-refractivity contribution in [2.75, 3.05) is 67.0 Å². The number of hydrogen-bond donors (Lipinski definition) is 4. The van der Waals surface area contributed by atoms with Crippen LogP contribution in [-0.4, -0.2) is 228 Å². The lowest BCUT2D eigenvalue weighted by molar-refractivity contribution is -0.119. The van der Waals surface area contributed by atoms with Crippen molar-refractivity contribution in [3.63, 3.8) is 0 Å². The summed E-state index contributed by atoms with van der Waals surface area (Å²) in [6.07, 6.45) is 33.9. The second kappa shape index (κ2) is 40.0. The summed E-state index contributed by atoms with van der Waals surface area (Å²) in [5.74, 6) is 3.71. The number of anilines is 8. The van der Waals surface area contributed by atoms with Crippen LogP contribution in [0, 0.1) is 0 Å². The summed E-state index contributed by atoms with van der Waals surface area (Å²) in [6, 6.07) is 5.90. The highest BCUT2D eigenvalue weighted by Crippen LogP contribution is 2.33. The van der Waals surface area contributed by atoms with Crippen molar-refractivity contribution in [3.05, 3.63) is 207 Å². The first-order chi connectivity index (χ1) is 68.5. The molecule has 16 aromatic rings. The van der Waals surface area contributed by atoms with Gasteiger partial charge in [0, 0.05) is 181 Å². The summed E-state index contributed by atoms with van der Waals surface area (Å²) in [4.78, 5) is 247. The number of aryl methyl sites for hydroxylation is 4. The third kappa shape index (κ3) is 19.4. The fourth-order valence-corrected chi connectivity index (χ4v) is 17.5. The Bertz CT molecular complexity index is 7910. The number of amides is 4. The fraction of sp³-hybridized carbons (Fsp3) is 0.385. The zero-order chi connectivity index (χ0) is 101. The van der Waals surface area contributed by atoms with E-state index in [1.165, 1.54) is 143 Å². The number of hydrogen-bond acceptors (Lipinski definition) is 36. The third-order valence-electron chi connectivity index (χ3n) is 25.8. The van der Waals surface area contributed by atoms with E-state index in [4.69, 9.17) is 0 Å². The molecule has 5 atom stereocenters. The first-order valence-corrected chi connectivity index (χ1v) is 45.9. The number of nitrogens with one attached hydrogen (secondary N) is 4. The van der Waals surface area contributed by atoms with Crippen LogP contribution in [0.2, 0.25) is 0 Å². The molecule has 52 heteroatoms. The fourth-order valence-electron chi connectivity index (χ4n) is 17.5. The molecule has 20 heterocycles. The van der Waals surface area contributed by atoms with Gasteiger partial charge in [0.15, 0.2) is 68.0 Å². The van der Waals surface area contributed by atoms with Gasteiger partial charge < -0.3 is 59.1 Å². The molecule has 16 aromatic heterocycles. The van der Waals surface area contributed by atoms with Crippen LogP contribution in [0.3, 0.4) is 0 Å². The molecule has 0 saturated carbocycles. The summed E-state index contributed by atoms with van der Waals surface area (Å²) in [5.41, 5.74) is -0.0592. The first kappa shape index (κ1) is 97.0. The molecule has 0 aromatic carbocycles. The second-order valence-corrected chi connectivity index (χ2v) is 35.8. The highest BCUT2D eigenvalue weighted by Gasteiger charge is 2.35. The van der Waals surface area contributed by atoms with E-state index in [1.54, 1.807) is 87.7 Å². The molecular weight excluding hydrogens is 1850 g/mol. The van der Waals surface area contributed by atoms with Crippen molar-refractivity contribution in [3.8, 4) is 45.6 Å². The van der Waals surface area contributed by atoms with Gasteiger partial charge in [-0.3, -0.25) is 74.9 Å². The average Bonchev–Trinajstić information content (AvgIpc) is 1.65. The number of nitrogens with zero attached hydrogens (tertiary/aromatic N) is 36. The zero-order valence-corrected chi connectivity index (χ0v) is 80.8. The Morgan fingerprint density at radius 2 is 0.615 bits per heavy atom. The highest BCUT2D eigenvalue weighted by molar-refractivity contribution is 5.95. The standard InChI is InChI=1S/3C23H26N10O3.C22H24N10O3/c1-23(2)7-5-9-33(23)21-25-10-14(11-26-21)18-24-8-6-15(29-18)28-16(34)12-32-13-27-19-17(32)20(35)31(4)22(36)30(19)3;2*1-13-6-5-9-32(13)22-25-10-15(11-26-22)18-24-8-7-16(28-18)29-20(34)14(2)33-12-27-19-17(33)21(35)31(4)23(36)30(19)3;1-13-5-4-8-32(13)21-24-9-14(10-25-21)18-23-7-6-15(28-18)27-16(33)11-31-12-26-19-17(31)20(34)30(3)22(35)29(19)2/h6,8,10-11,13H,5,7,9,12H2,1-4H3,(H,24,28,29,34);2*7-8,10-14H,5-6,9H2,1-4H3,(H,24,28,29,34);6-7,9-10,12-13H,4-5,8,11H2,1-3H3,(H,23,27,28,33)/t;13-,14+;13-,14-;13-/m.000/s1. The van der Waals surface area contributed by atoms with Gasteiger partial charge in [-0.25, -0.2) is 119 Å². The van der Waals surface area contributed by atoms with E-state index < -0.39 is 80.7 Å². The van der Waals surface area contributed by atoms with Gasteiger partial charge in [0.05, 0.1) is 47.6 Å². The lowest BCUT2D eigenvalue weighted by Gasteiger charge is -2.31. The average molecular weight is 1950 g/mol. The summed E-state index contributed by atoms with van der Waals surface area (Å²) < 4.78 is 14.7. The van der Waals surface area contributed by atoms with Crippen molar-refractivity contribution >= 4 is 115 Å². The molecule has 0 bridgehead atoms. The molecule has 0 radical (unpaired) electrons. The maximum absolute atomic E-state index is 13.0. The molecule has 4 aliphatic rings. The van der Waals surface area contributed by atoms with Crippen molar-refractivity contribution < 1.29 is 19.2 Å². The molecule has 4 N–H and O–H groups in total. The molecule has 20 rings (SSSR count). The molecule has 0 aliphatic carbocycles. The summed E-state index contributed by atoms with van der Waals surface area (Å²) in [5, 5.41) is 11.0. The quantitative estimate of drug-likeness (QED) is 0.0852. The molecule has 4 saturated heterocycles. The highest BCUT2D eigenvalue weighted by atomic mass is 16.2. The zero-order valence-electron chi connectivity index (χ0n) is 80.8. The van der Waals surface area contributed by atoms with E-state index in [1.807, 2.05) is 0 Å². The minimum atomic E-state index is -0.802. The summed E-state index contributed by atoms with van der Waals surface area (Å²) in [6.45, 7) is 17.5. The van der Waals surface area contributed by atoms with E-state index in [9.17, 15) is 57.5 Å². The van der Waals surface area contributed by atoms with E-state index in [0.717, 1.165) is 95.8 Å². The number of carbonyl (C=O) groups excluding carboxylic acids is 4. The maximum Gasteiger partial charge on any atom is 0.332 e. The predicted octanol–water partition coefficient (Wildman–Crippen LogP) is 2.74. The third-order valence-corrected chi connectivity index (χ3v) is 25.8. The van der Waals surface area contributed by atoms with Crippen LogP contribution >= 0.6 is 0 Å². The SMILES string of the molecule is C[C@H](C(=O)Nc1ccnc(-c2cnc(N3CCC[C@@H]3C)nc2)n1)n1cnc2c1c(=O)n(C)c(=O)n2C.C[C@H]1CCCN1c1ncc(-c2nccc(NC(=O)Cn3cnc4c3c(=O)n(C)c(=O)n4C)n2)cn1.C[C@H]1CCCN1c1ncc(-c2nccc(NC(=O)[C@H](C)n3cnc4c3c(=O)n(C)c(=O)n4C)n2)cn1.Cn1c(=O)c2c(ncn2CC(=O)Nc2ccnc(-c3cnc(N4CCCC4(C)C)nc3)n2)n(C)c1=O. The number of aromatic nitrogens is 32. The van der Waals surface area contributed by atoms with E-state index in [-0.39, 0.29) is 63.3 Å². The summed E-state index contributed by atoms with van der Waals surface area (Å²) in [7, 11) is 11.6. The molecule has 143 heavy (non-hydrogen) atoms. The molecular formula is C91H102N40O12. The van der Waals surface area contributed by atoms with E-state index in [2.05, 4.69) is 175 Å². The molecule has 4 aliphatic heterocycles. The normalized spacial score (nSPS) is 15.9. The van der Waals surface area contributed by atoms with Crippen molar-refractivity contribution in [1.82, 2.24) is 154 Å². The van der Waals surface area contributed by atoms with Gasteiger partial charge in [-0.05, 0) is 124 Å². The Balaban J connectivity index is 0.000000131. The van der Waals surface area contributed by atoms with Gasteiger partial charge >= 0.3 is 22.8 Å². The molecule has 0 unspecified atom stereocenters. The molecule has 738 valence electrons. The van der Waals surface area contributed by atoms with Crippen LogP contribution in [0.1, 0.15) is 112 Å². The van der Waals surface area contributed by atoms with Gasteiger partial charge in [0.2, 0.25) is 47.4 Å². The Morgan fingerprint density at radius 1 is 0.343 bits per heavy atom. The van der Waals surface area contributed by atoms with Crippen LogP contribution in [0.5, 0.6) is 0 Å². The topological polar surface area (TPSA) is 583 Å². The van der Waals surface area contributed by atoms with Crippen LogP contribution < -0.4 is 85.9 Å². The molecule has 4 fully saturated rings. The number of imidazole rings is 4. The molecule has 52 nitrogen and oxygen atoms in total. The Hall–Kier alpha value is -17.7. The van der Waals surface area contributed by atoms with Crippen molar-refractivity contribution in [2.45, 2.75) is 149 Å². The van der Waals surface area contributed by atoms with Crippen LogP contribution in [-0.2, 0) is 88.6 Å². The minimum Gasteiger partial charge on any atom is -0.338 e. The number of carbonyl (C=O) groups is 4. The van der Waals surface area contributed by atoms with Crippen LogP contribution in [0.4, 0.5) is 47.1 Å². The number of rotatable bonds is 20. The predicted molar refractivity (Wildman–Crippen MR) is 526 cm³/mol. The maximum atomic E-state index is 13.0. The van der Waals surface area contributed by atoms with Crippen LogP contribution in [0.25, 0.3) is 90.2 Å². The Labute approximate surface area is 810 Å². The minimum absolute atomic E-state index is 0.0155.